The number of H-pyrrole nitrogens is 1. The van der Waals surface area contributed by atoms with Gasteiger partial charge in [0.1, 0.15) is 0 Å². The maximum atomic E-state index is 12.8. The standard InChI is InChI=1S/C31H45N5O2/c1-11-24-21(5)27(34-29(24)17-26(33-9)19(2)3)18-28-22(6)25(31(35-28)20(4)23(7)32-8)13-14-30(38)36(10)15-12-16-37/h11,17-18,22,25,32,34,37H,1-2,9,12-16H2,3-8,10H3/b23-20-,26-17-,28-18-/t22-,25-/m0/s1. The summed E-state index contributed by atoms with van der Waals surface area (Å²) in [5, 5.41) is 12.3. The molecule has 0 bridgehead atoms. The molecule has 1 aromatic heterocycles. The zero-order chi connectivity index (χ0) is 28.6. The molecule has 1 aliphatic rings. The number of rotatable bonds is 13. The monoisotopic (exact) mass is 519 g/mol. The second-order valence-electron chi connectivity index (χ2n) is 10.1. The van der Waals surface area contributed by atoms with Crippen LogP contribution in [-0.4, -0.2) is 60.6 Å². The molecule has 2 heterocycles. The highest BCUT2D eigenvalue weighted by atomic mass is 16.3. The van der Waals surface area contributed by atoms with Crippen LogP contribution in [0.25, 0.3) is 18.2 Å². The lowest BCUT2D eigenvalue weighted by molar-refractivity contribution is -0.130. The van der Waals surface area contributed by atoms with E-state index in [-0.39, 0.29) is 24.3 Å². The molecule has 7 heteroatoms. The van der Waals surface area contributed by atoms with Gasteiger partial charge in [-0.15, -0.1) is 0 Å². The molecule has 0 saturated carbocycles. The number of carbonyl (C=O) groups is 1. The highest BCUT2D eigenvalue weighted by Gasteiger charge is 2.34. The van der Waals surface area contributed by atoms with Gasteiger partial charge in [0.25, 0.3) is 0 Å². The quantitative estimate of drug-likeness (QED) is 0.228. The maximum absolute atomic E-state index is 12.8. The summed E-state index contributed by atoms with van der Waals surface area (Å²) in [6.07, 6.45) is 7.63. The molecule has 7 nitrogen and oxygen atoms in total. The second-order valence-corrected chi connectivity index (χ2v) is 10.1. The minimum atomic E-state index is 0.0807. The van der Waals surface area contributed by atoms with Gasteiger partial charge in [-0.3, -0.25) is 14.8 Å². The molecule has 0 unspecified atom stereocenters. The normalized spacial score (nSPS) is 19.2. The lowest BCUT2D eigenvalue weighted by atomic mass is 9.83. The van der Waals surface area contributed by atoms with Crippen LogP contribution < -0.4 is 5.32 Å². The highest BCUT2D eigenvalue weighted by Crippen LogP contribution is 2.38. The SMILES string of the molecule is C=Cc1c(/C=C(\N=C)C(=C)C)[nH]c(/C=C2N=C(/C(C)=C(/C)NC)[C@@H](CCC(=O)N(C)CCCO)[C@@H]\2C)c1C. The van der Waals surface area contributed by atoms with Crippen molar-refractivity contribution in [2.75, 3.05) is 27.2 Å². The molecule has 206 valence electrons. The number of amides is 1. The van der Waals surface area contributed by atoms with Gasteiger partial charge >= 0.3 is 0 Å². The molecular weight excluding hydrogens is 474 g/mol. The largest absolute Gasteiger partial charge is 0.396 e. The van der Waals surface area contributed by atoms with Crippen LogP contribution in [0.2, 0.25) is 0 Å². The van der Waals surface area contributed by atoms with Gasteiger partial charge in [-0.25, -0.2) is 0 Å². The Balaban J connectivity index is 2.49. The Morgan fingerprint density at radius 1 is 1.29 bits per heavy atom. The Morgan fingerprint density at radius 2 is 1.97 bits per heavy atom. The minimum Gasteiger partial charge on any atom is -0.396 e. The van der Waals surface area contributed by atoms with Crippen molar-refractivity contribution in [3.63, 3.8) is 0 Å². The average molecular weight is 520 g/mol. The van der Waals surface area contributed by atoms with E-state index < -0.39 is 0 Å². The van der Waals surface area contributed by atoms with Crippen LogP contribution in [0.4, 0.5) is 0 Å². The summed E-state index contributed by atoms with van der Waals surface area (Å²) in [6, 6.07) is 0. The van der Waals surface area contributed by atoms with Crippen molar-refractivity contribution in [2.24, 2.45) is 21.8 Å². The van der Waals surface area contributed by atoms with Gasteiger partial charge < -0.3 is 20.3 Å². The Bertz CT molecular complexity index is 1190. The zero-order valence-electron chi connectivity index (χ0n) is 24.2. The van der Waals surface area contributed by atoms with E-state index in [1.54, 1.807) is 11.9 Å². The Morgan fingerprint density at radius 3 is 2.53 bits per heavy atom. The number of aromatic amines is 1. The molecule has 38 heavy (non-hydrogen) atoms. The number of nitrogens with one attached hydrogen (secondary N) is 2. The Labute approximate surface area is 228 Å². The molecule has 0 aliphatic carbocycles. The molecule has 2 rings (SSSR count). The fourth-order valence-corrected chi connectivity index (χ4v) is 4.72. The summed E-state index contributed by atoms with van der Waals surface area (Å²) in [6.45, 7) is 22.6. The van der Waals surface area contributed by atoms with Crippen LogP contribution in [0, 0.1) is 18.8 Å². The Hall–Kier alpha value is -3.45. The molecule has 3 N–H and O–H groups in total. The van der Waals surface area contributed by atoms with Gasteiger partial charge in [-0.2, -0.15) is 0 Å². The van der Waals surface area contributed by atoms with E-state index in [0.29, 0.717) is 25.8 Å². The molecule has 2 atom stereocenters. The van der Waals surface area contributed by atoms with Gasteiger partial charge in [-0.05, 0) is 76.1 Å². The minimum absolute atomic E-state index is 0.0807. The fraction of sp³-hybridized carbons (Fsp3) is 0.452. The molecule has 1 aliphatic heterocycles. The number of aromatic nitrogens is 1. The van der Waals surface area contributed by atoms with Crippen molar-refractivity contribution >= 4 is 36.6 Å². The first-order valence-corrected chi connectivity index (χ1v) is 13.2. The molecule has 0 aromatic carbocycles. The summed E-state index contributed by atoms with van der Waals surface area (Å²) >= 11 is 0. The average Bonchev–Trinajstić information content (AvgIpc) is 3.37. The van der Waals surface area contributed by atoms with Gasteiger partial charge in [0.15, 0.2) is 0 Å². The predicted octanol–water partition coefficient (Wildman–Crippen LogP) is 5.77. The first-order valence-electron chi connectivity index (χ1n) is 13.2. The van der Waals surface area contributed by atoms with Gasteiger partial charge in [0.2, 0.25) is 5.91 Å². The Kier molecular flexibility index (Phi) is 11.3. The van der Waals surface area contributed by atoms with Crippen LogP contribution in [-0.2, 0) is 4.79 Å². The van der Waals surface area contributed by atoms with E-state index in [4.69, 9.17) is 10.1 Å². The van der Waals surface area contributed by atoms with E-state index in [9.17, 15) is 4.79 Å². The van der Waals surface area contributed by atoms with Gasteiger partial charge in [0.05, 0.1) is 5.70 Å². The topological polar surface area (TPSA) is 93.1 Å². The van der Waals surface area contributed by atoms with Crippen molar-refractivity contribution in [3.05, 3.63) is 63.9 Å². The van der Waals surface area contributed by atoms with Crippen LogP contribution in [0.15, 0.2) is 51.4 Å². The summed E-state index contributed by atoms with van der Waals surface area (Å²) in [7, 11) is 3.71. The van der Waals surface area contributed by atoms with Crippen LogP contribution >= 0.6 is 0 Å². The van der Waals surface area contributed by atoms with Gasteiger partial charge in [0, 0.05) is 79.6 Å². The van der Waals surface area contributed by atoms with Crippen LogP contribution in [0.5, 0.6) is 0 Å². The molecule has 0 fully saturated rings. The third-order valence-corrected chi connectivity index (χ3v) is 7.49. The van der Waals surface area contributed by atoms with Crippen LogP contribution in [0.1, 0.15) is 69.5 Å². The summed E-state index contributed by atoms with van der Waals surface area (Å²) < 4.78 is 0. The number of aliphatic hydroxyl groups is 1. The molecule has 1 aromatic rings. The third-order valence-electron chi connectivity index (χ3n) is 7.49. The van der Waals surface area contributed by atoms with Gasteiger partial charge in [-0.1, -0.05) is 26.2 Å². The number of nitrogens with zero attached hydrogens (tertiary/aromatic N) is 3. The van der Waals surface area contributed by atoms with Crippen molar-refractivity contribution in [2.45, 2.75) is 53.9 Å². The second kappa shape index (κ2) is 13.9. The van der Waals surface area contributed by atoms with Crippen molar-refractivity contribution in [1.82, 2.24) is 15.2 Å². The number of aliphatic hydroxyl groups excluding tert-OH is 1. The van der Waals surface area contributed by atoms with E-state index in [1.807, 2.05) is 33.0 Å². The third kappa shape index (κ3) is 7.10. The number of hydrogen-bond donors (Lipinski definition) is 3. The van der Waals surface area contributed by atoms with Crippen molar-refractivity contribution in [1.29, 1.82) is 0 Å². The molecule has 0 saturated heterocycles. The molecule has 1 amide bonds. The molecular formula is C31H45N5O2. The number of carbonyl (C=O) groups excluding carboxylic acids is 1. The number of aliphatic imine (C=N–C) groups is 2. The first kappa shape index (κ1) is 30.8. The summed E-state index contributed by atoms with van der Waals surface area (Å²) in [4.78, 5) is 27.2. The number of allylic oxidation sites excluding steroid dienone is 4. The summed E-state index contributed by atoms with van der Waals surface area (Å²) in [5.41, 5.74) is 9.68. The lowest BCUT2D eigenvalue weighted by Gasteiger charge is -2.22. The van der Waals surface area contributed by atoms with E-state index in [1.165, 1.54) is 0 Å². The summed E-state index contributed by atoms with van der Waals surface area (Å²) in [5.74, 6) is 0.342. The van der Waals surface area contributed by atoms with E-state index in [2.05, 4.69) is 62.0 Å². The lowest BCUT2D eigenvalue weighted by Crippen LogP contribution is -2.29. The van der Waals surface area contributed by atoms with Crippen LogP contribution in [0.3, 0.4) is 0 Å². The molecule has 0 radical (unpaired) electrons. The fourth-order valence-electron chi connectivity index (χ4n) is 4.72. The zero-order valence-corrected chi connectivity index (χ0v) is 24.2. The van der Waals surface area contributed by atoms with Crippen molar-refractivity contribution < 1.29 is 9.90 Å². The van der Waals surface area contributed by atoms with E-state index in [0.717, 1.165) is 56.5 Å². The van der Waals surface area contributed by atoms with Crippen molar-refractivity contribution in [3.8, 4) is 0 Å². The maximum Gasteiger partial charge on any atom is 0.222 e. The smallest absolute Gasteiger partial charge is 0.222 e. The highest BCUT2D eigenvalue weighted by molar-refractivity contribution is 6.05. The number of hydrogen-bond acceptors (Lipinski definition) is 5. The van der Waals surface area contributed by atoms with E-state index >= 15 is 0 Å². The molecule has 0 spiro atoms. The predicted molar refractivity (Wildman–Crippen MR) is 162 cm³/mol. The first-order chi connectivity index (χ1) is 18.0.